The lowest BCUT2D eigenvalue weighted by Gasteiger charge is -2.12. The highest BCUT2D eigenvalue weighted by Crippen LogP contribution is 2.34. The van der Waals surface area contributed by atoms with E-state index in [4.69, 9.17) is 9.15 Å². The number of nitrogens with zero attached hydrogens (tertiary/aromatic N) is 2. The summed E-state index contributed by atoms with van der Waals surface area (Å²) in [6.07, 6.45) is 1.56. The number of aromatic nitrogens is 2. The first-order valence-corrected chi connectivity index (χ1v) is 11.7. The van der Waals surface area contributed by atoms with Crippen molar-refractivity contribution in [3.8, 4) is 5.75 Å². The van der Waals surface area contributed by atoms with Gasteiger partial charge in [-0.15, -0.1) is 0 Å². The van der Waals surface area contributed by atoms with E-state index in [1.54, 1.807) is 34.8 Å². The van der Waals surface area contributed by atoms with E-state index in [1.807, 2.05) is 42.5 Å². The summed E-state index contributed by atoms with van der Waals surface area (Å²) in [4.78, 5) is 25.1. The summed E-state index contributed by atoms with van der Waals surface area (Å²) in [5.74, 6) is 2.81. The molecule has 0 aliphatic carbocycles. The molecule has 0 radical (unpaired) electrons. The Morgan fingerprint density at radius 3 is 2.79 bits per heavy atom. The molecule has 4 aromatic rings. The van der Waals surface area contributed by atoms with Gasteiger partial charge >= 0.3 is 0 Å². The van der Waals surface area contributed by atoms with Crippen molar-refractivity contribution in [3.05, 3.63) is 77.9 Å². The van der Waals surface area contributed by atoms with E-state index in [-0.39, 0.29) is 25.0 Å². The van der Waals surface area contributed by atoms with Crippen molar-refractivity contribution in [1.29, 1.82) is 0 Å². The third-order valence-corrected chi connectivity index (χ3v) is 6.27. The number of nitrogens with one attached hydrogen (secondary N) is 2. The van der Waals surface area contributed by atoms with Crippen LogP contribution in [0.5, 0.6) is 5.75 Å². The molecule has 0 bridgehead atoms. The zero-order valence-corrected chi connectivity index (χ0v) is 18.6. The standard InChI is InChI=1S/C24H22N4O4S/c29-22(25-11-19-6-3-9-31-19)12-28-24(20-14-33-15-21(20)27-28)26-23(30)13-32-18-8-7-16-4-1-2-5-17(16)10-18/h1-10H,11-15H2,(H,25,29)(H,26,30). The number of benzene rings is 2. The van der Waals surface area contributed by atoms with E-state index in [2.05, 4.69) is 15.7 Å². The van der Waals surface area contributed by atoms with Crippen molar-refractivity contribution in [2.75, 3.05) is 11.9 Å². The maximum atomic E-state index is 12.7. The molecular weight excluding hydrogens is 440 g/mol. The van der Waals surface area contributed by atoms with Crippen LogP contribution >= 0.6 is 11.8 Å². The number of thioether (sulfide) groups is 1. The van der Waals surface area contributed by atoms with Crippen LogP contribution in [-0.2, 0) is 34.2 Å². The number of hydrogen-bond acceptors (Lipinski definition) is 6. The highest BCUT2D eigenvalue weighted by atomic mass is 32.2. The van der Waals surface area contributed by atoms with Crippen molar-refractivity contribution in [3.63, 3.8) is 0 Å². The molecule has 8 nitrogen and oxygen atoms in total. The predicted molar refractivity (Wildman–Crippen MR) is 126 cm³/mol. The molecule has 0 fully saturated rings. The van der Waals surface area contributed by atoms with Gasteiger partial charge in [0.15, 0.2) is 6.61 Å². The highest BCUT2D eigenvalue weighted by molar-refractivity contribution is 7.98. The van der Waals surface area contributed by atoms with Crippen LogP contribution in [0.3, 0.4) is 0 Å². The maximum Gasteiger partial charge on any atom is 0.263 e. The fraction of sp³-hybridized carbons (Fsp3) is 0.208. The van der Waals surface area contributed by atoms with E-state index in [1.165, 1.54) is 0 Å². The van der Waals surface area contributed by atoms with E-state index in [9.17, 15) is 9.59 Å². The maximum absolute atomic E-state index is 12.7. The van der Waals surface area contributed by atoms with Crippen LogP contribution in [-0.4, -0.2) is 28.2 Å². The molecule has 2 aromatic heterocycles. The van der Waals surface area contributed by atoms with Crippen molar-refractivity contribution < 1.29 is 18.7 Å². The van der Waals surface area contributed by atoms with Gasteiger partial charge < -0.3 is 19.8 Å². The quantitative estimate of drug-likeness (QED) is 0.414. The Balaban J connectivity index is 1.23. The molecule has 2 N–H and O–H groups in total. The van der Waals surface area contributed by atoms with Gasteiger partial charge in [-0.1, -0.05) is 30.3 Å². The minimum atomic E-state index is -0.306. The highest BCUT2D eigenvalue weighted by Gasteiger charge is 2.25. The lowest BCUT2D eigenvalue weighted by atomic mass is 10.1. The number of rotatable bonds is 8. The lowest BCUT2D eigenvalue weighted by Crippen LogP contribution is -2.29. The van der Waals surface area contributed by atoms with Crippen LogP contribution < -0.4 is 15.4 Å². The van der Waals surface area contributed by atoms with Gasteiger partial charge in [-0.05, 0) is 35.0 Å². The van der Waals surface area contributed by atoms with Gasteiger partial charge in [0.1, 0.15) is 23.9 Å². The van der Waals surface area contributed by atoms with Crippen LogP contribution in [0, 0.1) is 0 Å². The lowest BCUT2D eigenvalue weighted by molar-refractivity contribution is -0.122. The summed E-state index contributed by atoms with van der Waals surface area (Å²) in [7, 11) is 0. The molecular formula is C24H22N4O4S. The summed E-state index contributed by atoms with van der Waals surface area (Å²) in [5, 5.41) is 12.4. The molecule has 9 heteroatoms. The summed E-state index contributed by atoms with van der Waals surface area (Å²) >= 11 is 1.73. The first-order chi connectivity index (χ1) is 16.2. The molecule has 0 unspecified atom stereocenters. The smallest absolute Gasteiger partial charge is 0.263 e. The first kappa shape index (κ1) is 21.1. The molecule has 0 spiro atoms. The number of furan rings is 1. The van der Waals surface area contributed by atoms with E-state index >= 15 is 0 Å². The number of hydrogen-bond donors (Lipinski definition) is 2. The first-order valence-electron chi connectivity index (χ1n) is 10.5. The van der Waals surface area contributed by atoms with Gasteiger partial charge in [-0.2, -0.15) is 16.9 Å². The van der Waals surface area contributed by atoms with Crippen molar-refractivity contribution >= 4 is 40.2 Å². The van der Waals surface area contributed by atoms with Crippen LogP contribution in [0.25, 0.3) is 10.8 Å². The minimum Gasteiger partial charge on any atom is -0.484 e. The third kappa shape index (κ3) is 4.88. The summed E-state index contributed by atoms with van der Waals surface area (Å²) in [6.45, 7) is 0.152. The molecule has 0 atom stereocenters. The molecule has 1 aliphatic heterocycles. The SMILES string of the molecule is O=C(Cn1nc2c(c1NC(=O)COc1ccc3ccccc3c1)CSC2)NCc1ccco1. The number of anilines is 1. The molecule has 5 rings (SSSR count). The average molecular weight is 463 g/mol. The Bertz CT molecular complexity index is 1300. The second-order valence-electron chi connectivity index (χ2n) is 7.63. The van der Waals surface area contributed by atoms with Crippen molar-refractivity contribution in [2.45, 2.75) is 24.6 Å². The Labute approximate surface area is 194 Å². The van der Waals surface area contributed by atoms with Gasteiger partial charge in [0.25, 0.3) is 5.91 Å². The van der Waals surface area contributed by atoms with Crippen LogP contribution in [0.15, 0.2) is 65.3 Å². The number of amides is 2. The molecule has 1 aliphatic rings. The molecule has 2 amide bonds. The molecule has 0 saturated heterocycles. The van der Waals surface area contributed by atoms with Gasteiger partial charge in [-0.25, -0.2) is 4.68 Å². The van der Waals surface area contributed by atoms with Crippen LogP contribution in [0.2, 0.25) is 0 Å². The van der Waals surface area contributed by atoms with Crippen molar-refractivity contribution in [1.82, 2.24) is 15.1 Å². The van der Waals surface area contributed by atoms with Gasteiger partial charge in [-0.3, -0.25) is 9.59 Å². The number of ether oxygens (including phenoxy) is 1. The number of fused-ring (bicyclic) bond motifs is 2. The third-order valence-electron chi connectivity index (χ3n) is 5.30. The molecule has 33 heavy (non-hydrogen) atoms. The Hall–Kier alpha value is -3.72. The number of carbonyl (C=O) groups excluding carboxylic acids is 2. The largest absolute Gasteiger partial charge is 0.484 e. The Kier molecular flexibility index (Phi) is 6.03. The van der Waals surface area contributed by atoms with Crippen LogP contribution in [0.1, 0.15) is 17.0 Å². The van der Waals surface area contributed by atoms with E-state index < -0.39 is 0 Å². The monoisotopic (exact) mass is 462 g/mol. The molecule has 168 valence electrons. The van der Waals surface area contributed by atoms with Crippen molar-refractivity contribution in [2.24, 2.45) is 0 Å². The predicted octanol–water partition coefficient (Wildman–Crippen LogP) is 3.71. The van der Waals surface area contributed by atoms with Gasteiger partial charge in [0, 0.05) is 17.1 Å². The molecule has 0 saturated carbocycles. The van der Waals surface area contributed by atoms with Gasteiger partial charge in [0.2, 0.25) is 5.91 Å². The fourth-order valence-corrected chi connectivity index (χ4v) is 4.72. The number of carbonyl (C=O) groups is 2. The molecule has 3 heterocycles. The normalized spacial score (nSPS) is 12.5. The van der Waals surface area contributed by atoms with E-state index in [0.29, 0.717) is 23.9 Å². The Morgan fingerprint density at radius 2 is 1.94 bits per heavy atom. The topological polar surface area (TPSA) is 98.4 Å². The summed E-state index contributed by atoms with van der Waals surface area (Å²) in [6, 6.07) is 17.2. The van der Waals surface area contributed by atoms with E-state index in [0.717, 1.165) is 33.5 Å². The zero-order chi connectivity index (χ0) is 22.6. The average Bonchev–Trinajstić information content (AvgIpc) is 3.56. The molecule has 2 aromatic carbocycles. The fourth-order valence-electron chi connectivity index (χ4n) is 3.69. The van der Waals surface area contributed by atoms with Crippen LogP contribution in [0.4, 0.5) is 5.82 Å². The Morgan fingerprint density at radius 1 is 1.06 bits per heavy atom. The summed E-state index contributed by atoms with van der Waals surface area (Å²) in [5.41, 5.74) is 1.85. The zero-order valence-electron chi connectivity index (χ0n) is 17.7. The minimum absolute atomic E-state index is 0.000476. The second kappa shape index (κ2) is 9.41. The summed E-state index contributed by atoms with van der Waals surface area (Å²) < 4.78 is 12.5. The second-order valence-corrected chi connectivity index (χ2v) is 8.61. The van der Waals surface area contributed by atoms with Gasteiger partial charge in [0.05, 0.1) is 18.5 Å².